The van der Waals surface area contributed by atoms with Crippen LogP contribution in [0.5, 0.6) is 0 Å². The summed E-state index contributed by atoms with van der Waals surface area (Å²) in [6, 6.07) is 3.49. The summed E-state index contributed by atoms with van der Waals surface area (Å²) in [5.41, 5.74) is 2.62. The lowest BCUT2D eigenvalue weighted by Crippen LogP contribution is -2.30. The summed E-state index contributed by atoms with van der Waals surface area (Å²) in [4.78, 5) is 16.5. The Balaban J connectivity index is 1.61. The molecule has 0 aliphatic carbocycles. The van der Waals surface area contributed by atoms with Gasteiger partial charge in [0.05, 0.1) is 25.3 Å². The Hall–Kier alpha value is -1.92. The number of Topliss-reactive ketones (excluding diaryl/α,β-unsaturated/α-hetero) is 1. The highest BCUT2D eigenvalue weighted by molar-refractivity contribution is 6.13. The van der Waals surface area contributed by atoms with Crippen molar-refractivity contribution < 1.29 is 18.3 Å². The first kappa shape index (κ1) is 15.0. The van der Waals surface area contributed by atoms with Crippen LogP contribution in [0.15, 0.2) is 34.5 Å². The van der Waals surface area contributed by atoms with Crippen LogP contribution < -0.4 is 5.32 Å². The van der Waals surface area contributed by atoms with Crippen molar-refractivity contribution in [1.29, 1.82) is 0 Å². The van der Waals surface area contributed by atoms with Crippen molar-refractivity contribution in [1.82, 2.24) is 5.32 Å². The molecule has 116 valence electrons. The second-order valence-electron chi connectivity index (χ2n) is 5.35. The predicted molar refractivity (Wildman–Crippen MR) is 77.6 cm³/mol. The van der Waals surface area contributed by atoms with E-state index in [1.807, 2.05) is 0 Å². The lowest BCUT2D eigenvalue weighted by Gasteiger charge is -2.22. The zero-order valence-electron chi connectivity index (χ0n) is 12.0. The second kappa shape index (κ2) is 6.46. The van der Waals surface area contributed by atoms with Gasteiger partial charge in [-0.25, -0.2) is 8.78 Å². The van der Waals surface area contributed by atoms with Crippen molar-refractivity contribution in [3.63, 3.8) is 0 Å². The molecule has 1 aromatic carbocycles. The van der Waals surface area contributed by atoms with Crippen molar-refractivity contribution in [2.45, 2.75) is 19.4 Å². The van der Waals surface area contributed by atoms with E-state index >= 15 is 0 Å². The van der Waals surface area contributed by atoms with E-state index in [-0.39, 0.29) is 18.7 Å². The van der Waals surface area contributed by atoms with Crippen LogP contribution in [0.1, 0.15) is 18.4 Å². The van der Waals surface area contributed by atoms with E-state index in [1.54, 1.807) is 0 Å². The van der Waals surface area contributed by atoms with Crippen LogP contribution in [0.3, 0.4) is 0 Å². The van der Waals surface area contributed by atoms with Gasteiger partial charge < -0.3 is 10.1 Å². The van der Waals surface area contributed by atoms with Crippen molar-refractivity contribution in [3.05, 3.63) is 46.7 Å². The van der Waals surface area contributed by atoms with Gasteiger partial charge in [0.1, 0.15) is 11.6 Å². The molecule has 0 radical (unpaired) electrons. The van der Waals surface area contributed by atoms with E-state index in [4.69, 9.17) is 4.74 Å². The largest absolute Gasteiger partial charge is 0.376 e. The molecule has 0 fully saturated rings. The molecule has 1 aromatic rings. The number of hydrogen-bond acceptors (Lipinski definition) is 4. The molecule has 0 atom stereocenters. The van der Waals surface area contributed by atoms with Crippen LogP contribution >= 0.6 is 0 Å². The summed E-state index contributed by atoms with van der Waals surface area (Å²) in [6.45, 7) is 1.59. The summed E-state index contributed by atoms with van der Waals surface area (Å²) in [6.07, 6.45) is 0.915. The molecule has 0 amide bonds. The number of ether oxygens (including phenoxy) is 1. The van der Waals surface area contributed by atoms with Gasteiger partial charge >= 0.3 is 0 Å². The van der Waals surface area contributed by atoms with Crippen molar-refractivity contribution in [3.8, 4) is 0 Å². The average Bonchev–Trinajstić information content (AvgIpc) is 2.50. The number of aliphatic imine (C=N–C) groups is 1. The number of hydrogen-bond donors (Lipinski definition) is 1. The summed E-state index contributed by atoms with van der Waals surface area (Å²) < 4.78 is 31.6. The molecule has 4 nitrogen and oxygen atoms in total. The standard InChI is InChI=1S/C16H16F2N2O2/c17-11-2-1-10(14(18)5-11)7-19-8-12-6-16(21)13-9-22-4-3-15(13)20-12/h1-2,5,19H,3-4,6-9H2. The summed E-state index contributed by atoms with van der Waals surface area (Å²) in [7, 11) is 0. The summed E-state index contributed by atoms with van der Waals surface area (Å²) in [5, 5.41) is 3.05. The Kier molecular flexibility index (Phi) is 4.40. The number of nitrogens with one attached hydrogen (secondary N) is 1. The third-order valence-corrected chi connectivity index (χ3v) is 3.73. The van der Waals surface area contributed by atoms with E-state index < -0.39 is 11.6 Å². The summed E-state index contributed by atoms with van der Waals surface area (Å²) >= 11 is 0. The molecule has 3 rings (SSSR count). The van der Waals surface area contributed by atoms with Gasteiger partial charge in [-0.2, -0.15) is 0 Å². The fourth-order valence-electron chi connectivity index (χ4n) is 2.57. The van der Waals surface area contributed by atoms with Gasteiger partial charge in [-0.3, -0.25) is 9.79 Å². The lowest BCUT2D eigenvalue weighted by atomic mass is 9.98. The molecule has 0 spiro atoms. The van der Waals surface area contributed by atoms with Gasteiger partial charge in [0.2, 0.25) is 0 Å². The minimum absolute atomic E-state index is 0.0504. The van der Waals surface area contributed by atoms with Crippen molar-refractivity contribution in [2.24, 2.45) is 4.99 Å². The maximum Gasteiger partial charge on any atom is 0.168 e. The highest BCUT2D eigenvalue weighted by atomic mass is 19.1. The highest BCUT2D eigenvalue weighted by Crippen LogP contribution is 2.23. The Morgan fingerprint density at radius 3 is 2.95 bits per heavy atom. The Morgan fingerprint density at radius 1 is 1.27 bits per heavy atom. The van der Waals surface area contributed by atoms with Crippen LogP contribution in [-0.2, 0) is 16.1 Å². The van der Waals surface area contributed by atoms with Crippen molar-refractivity contribution in [2.75, 3.05) is 19.8 Å². The lowest BCUT2D eigenvalue weighted by molar-refractivity contribution is -0.115. The maximum atomic E-state index is 13.5. The molecule has 0 aromatic heterocycles. The molecule has 6 heteroatoms. The normalized spacial score (nSPS) is 18.3. The van der Waals surface area contributed by atoms with Crippen LogP contribution in [0.2, 0.25) is 0 Å². The number of benzene rings is 1. The maximum absolute atomic E-state index is 13.5. The number of nitrogens with zero attached hydrogens (tertiary/aromatic N) is 1. The van der Waals surface area contributed by atoms with Gasteiger partial charge in [-0.05, 0) is 6.07 Å². The molecule has 0 saturated carbocycles. The molecule has 2 aliphatic rings. The van der Waals surface area contributed by atoms with Crippen LogP contribution in [-0.4, -0.2) is 31.3 Å². The van der Waals surface area contributed by atoms with Gasteiger partial charge in [0.15, 0.2) is 5.78 Å². The van der Waals surface area contributed by atoms with E-state index in [0.29, 0.717) is 37.3 Å². The molecule has 22 heavy (non-hydrogen) atoms. The monoisotopic (exact) mass is 306 g/mol. The zero-order valence-corrected chi connectivity index (χ0v) is 12.0. The number of carbonyl (C=O) groups is 1. The van der Waals surface area contributed by atoms with E-state index in [2.05, 4.69) is 10.3 Å². The van der Waals surface area contributed by atoms with Gasteiger partial charge in [-0.1, -0.05) is 6.07 Å². The average molecular weight is 306 g/mol. The smallest absolute Gasteiger partial charge is 0.168 e. The second-order valence-corrected chi connectivity index (χ2v) is 5.35. The molecule has 0 saturated heterocycles. The highest BCUT2D eigenvalue weighted by Gasteiger charge is 2.25. The third-order valence-electron chi connectivity index (χ3n) is 3.73. The molecular formula is C16H16F2N2O2. The SMILES string of the molecule is O=C1CC(CNCc2ccc(F)cc2F)=NC2=C1COCC2. The minimum Gasteiger partial charge on any atom is -0.376 e. The molecular weight excluding hydrogens is 290 g/mol. The number of carbonyl (C=O) groups excluding carboxylic acids is 1. The predicted octanol–water partition coefficient (Wildman–Crippen LogP) is 2.14. The van der Waals surface area contributed by atoms with Gasteiger partial charge in [0.25, 0.3) is 0 Å². The molecule has 1 N–H and O–H groups in total. The number of ketones is 1. The van der Waals surface area contributed by atoms with Crippen LogP contribution in [0, 0.1) is 11.6 Å². The fourth-order valence-corrected chi connectivity index (χ4v) is 2.57. The molecule has 2 aliphatic heterocycles. The van der Waals surface area contributed by atoms with Crippen LogP contribution in [0.4, 0.5) is 8.78 Å². The molecule has 0 bridgehead atoms. The first-order chi connectivity index (χ1) is 10.6. The Morgan fingerprint density at radius 2 is 2.14 bits per heavy atom. The molecule has 2 heterocycles. The van der Waals surface area contributed by atoms with Crippen molar-refractivity contribution >= 4 is 11.5 Å². The Labute approximate surface area is 126 Å². The van der Waals surface area contributed by atoms with Gasteiger partial charge in [0, 0.05) is 42.4 Å². The number of rotatable bonds is 4. The topological polar surface area (TPSA) is 50.7 Å². The third kappa shape index (κ3) is 3.28. The van der Waals surface area contributed by atoms with Gasteiger partial charge in [-0.15, -0.1) is 0 Å². The van der Waals surface area contributed by atoms with E-state index in [9.17, 15) is 13.6 Å². The quantitative estimate of drug-likeness (QED) is 0.927. The first-order valence-electron chi connectivity index (χ1n) is 7.17. The molecule has 0 unspecified atom stereocenters. The van der Waals surface area contributed by atoms with E-state index in [1.165, 1.54) is 12.1 Å². The zero-order chi connectivity index (χ0) is 15.5. The number of halogens is 2. The fraction of sp³-hybridized carbons (Fsp3) is 0.375. The van der Waals surface area contributed by atoms with E-state index in [0.717, 1.165) is 17.5 Å². The van der Waals surface area contributed by atoms with Crippen LogP contribution in [0.25, 0.3) is 0 Å². The first-order valence-corrected chi connectivity index (χ1v) is 7.17. The minimum atomic E-state index is -0.595. The summed E-state index contributed by atoms with van der Waals surface area (Å²) in [5.74, 6) is -1.12. The Bertz CT molecular complexity index is 668.